The van der Waals surface area contributed by atoms with Gasteiger partial charge in [-0.15, -0.1) is 0 Å². The molecule has 0 aliphatic heterocycles. The van der Waals surface area contributed by atoms with Crippen LogP contribution in [0, 0.1) is 5.92 Å². The molecule has 94 valence electrons. The zero-order valence-corrected chi connectivity index (χ0v) is 11.4. The molecule has 0 atom stereocenters. The van der Waals surface area contributed by atoms with Crippen molar-refractivity contribution >= 4 is 22.0 Å². The largest absolute Gasteiger partial charge is 0.434 e. The van der Waals surface area contributed by atoms with Crippen LogP contribution in [0.1, 0.15) is 19.4 Å². The van der Waals surface area contributed by atoms with E-state index < -0.39 is 6.61 Å². The second-order valence-electron chi connectivity index (χ2n) is 3.92. The van der Waals surface area contributed by atoms with Crippen LogP contribution in [0.4, 0.5) is 8.78 Å². The number of para-hydroxylation sites is 1. The summed E-state index contributed by atoms with van der Waals surface area (Å²) in [5.74, 6) is 0.565. The summed E-state index contributed by atoms with van der Waals surface area (Å²) >= 11 is 3.39. The highest BCUT2D eigenvalue weighted by Crippen LogP contribution is 2.25. The van der Waals surface area contributed by atoms with Gasteiger partial charge in [0.05, 0.1) is 0 Å². The van der Waals surface area contributed by atoms with Gasteiger partial charge in [0.25, 0.3) is 0 Å². The molecule has 0 saturated heterocycles. The van der Waals surface area contributed by atoms with E-state index in [2.05, 4.69) is 34.5 Å². The average molecular weight is 305 g/mol. The van der Waals surface area contributed by atoms with Gasteiger partial charge in [0.15, 0.2) is 0 Å². The molecule has 1 rings (SSSR count). The molecule has 0 amide bonds. The summed E-state index contributed by atoms with van der Waals surface area (Å²) in [6, 6.07) is 6.79. The molecule has 1 aromatic rings. The number of allylic oxidation sites excluding steroid dienone is 1. The Morgan fingerprint density at radius 3 is 2.53 bits per heavy atom. The maximum atomic E-state index is 12.2. The van der Waals surface area contributed by atoms with E-state index in [1.165, 1.54) is 0 Å². The van der Waals surface area contributed by atoms with Gasteiger partial charge in [-0.25, -0.2) is 0 Å². The summed E-state index contributed by atoms with van der Waals surface area (Å²) in [5.41, 5.74) is 1.81. The lowest BCUT2D eigenvalue weighted by Gasteiger charge is -2.11. The monoisotopic (exact) mass is 304 g/mol. The van der Waals surface area contributed by atoms with E-state index >= 15 is 0 Å². The van der Waals surface area contributed by atoms with Crippen molar-refractivity contribution in [1.29, 1.82) is 0 Å². The number of halogens is 3. The van der Waals surface area contributed by atoms with Gasteiger partial charge < -0.3 is 4.74 Å². The molecule has 0 N–H and O–H groups in total. The molecular formula is C13H15BrF2O. The van der Waals surface area contributed by atoms with Gasteiger partial charge in [-0.05, 0) is 12.0 Å². The van der Waals surface area contributed by atoms with E-state index in [0.29, 0.717) is 16.8 Å². The minimum atomic E-state index is -2.80. The van der Waals surface area contributed by atoms with Crippen molar-refractivity contribution in [3.05, 3.63) is 35.4 Å². The molecule has 0 heterocycles. The first kappa shape index (κ1) is 14.2. The Balaban J connectivity index is 3.04. The molecule has 0 unspecified atom stereocenters. The fraction of sp³-hybridized carbons (Fsp3) is 0.385. The van der Waals surface area contributed by atoms with E-state index in [9.17, 15) is 8.78 Å². The molecule has 0 bridgehead atoms. The highest BCUT2D eigenvalue weighted by atomic mass is 79.9. The number of benzene rings is 1. The normalized spacial score (nSPS) is 12.3. The fourth-order valence-electron chi connectivity index (χ4n) is 1.36. The Hall–Kier alpha value is -0.900. The van der Waals surface area contributed by atoms with Gasteiger partial charge in [-0.3, -0.25) is 0 Å². The van der Waals surface area contributed by atoms with Crippen LogP contribution in [0.3, 0.4) is 0 Å². The van der Waals surface area contributed by atoms with Crippen LogP contribution in [-0.2, 0) is 0 Å². The Morgan fingerprint density at radius 1 is 1.35 bits per heavy atom. The number of hydrogen-bond acceptors (Lipinski definition) is 1. The summed E-state index contributed by atoms with van der Waals surface area (Å²) in [5, 5.41) is 0.716. The third-order valence-electron chi connectivity index (χ3n) is 2.37. The molecule has 0 fully saturated rings. The van der Waals surface area contributed by atoms with Crippen molar-refractivity contribution in [2.75, 3.05) is 5.33 Å². The Bertz CT molecular complexity index is 389. The van der Waals surface area contributed by atoms with Gasteiger partial charge in [-0.1, -0.05) is 59.6 Å². The fourth-order valence-corrected chi connectivity index (χ4v) is 2.17. The minimum Gasteiger partial charge on any atom is -0.434 e. The summed E-state index contributed by atoms with van der Waals surface area (Å²) in [7, 11) is 0. The van der Waals surface area contributed by atoms with Crippen LogP contribution in [0.15, 0.2) is 29.8 Å². The van der Waals surface area contributed by atoms with Crippen LogP contribution in [-0.4, -0.2) is 11.9 Å². The van der Waals surface area contributed by atoms with E-state index in [0.717, 1.165) is 5.57 Å². The molecule has 1 aromatic carbocycles. The lowest BCUT2D eigenvalue weighted by molar-refractivity contribution is -0.0499. The second-order valence-corrected chi connectivity index (χ2v) is 4.48. The van der Waals surface area contributed by atoms with E-state index in [1.54, 1.807) is 24.3 Å². The Labute approximate surface area is 109 Å². The topological polar surface area (TPSA) is 9.23 Å². The molecule has 17 heavy (non-hydrogen) atoms. The van der Waals surface area contributed by atoms with Crippen LogP contribution < -0.4 is 4.74 Å². The number of rotatable bonds is 5. The quantitative estimate of drug-likeness (QED) is 0.715. The van der Waals surface area contributed by atoms with Crippen LogP contribution in [0.25, 0.3) is 6.08 Å². The number of alkyl halides is 3. The third-order valence-corrected chi connectivity index (χ3v) is 3.02. The van der Waals surface area contributed by atoms with E-state index in [1.807, 2.05) is 6.08 Å². The minimum absolute atomic E-state index is 0.210. The molecule has 0 spiro atoms. The van der Waals surface area contributed by atoms with Gasteiger partial charge in [0, 0.05) is 10.9 Å². The Kier molecular flexibility index (Phi) is 5.62. The maximum Gasteiger partial charge on any atom is 0.387 e. The molecule has 0 aliphatic carbocycles. The molecule has 0 aliphatic rings. The summed E-state index contributed by atoms with van der Waals surface area (Å²) in [6.45, 7) is 1.32. The standard InChI is InChI=1S/C13H15BrF2O/c1-9(2)11(8-14)7-10-5-3-4-6-12(10)17-13(15)16/h3-7,9,13H,8H2,1-2H3. The zero-order chi connectivity index (χ0) is 12.8. The van der Waals surface area contributed by atoms with Crippen LogP contribution in [0.2, 0.25) is 0 Å². The molecule has 0 saturated carbocycles. The van der Waals surface area contributed by atoms with Crippen LogP contribution >= 0.6 is 15.9 Å². The zero-order valence-electron chi connectivity index (χ0n) is 9.79. The van der Waals surface area contributed by atoms with Gasteiger partial charge in [0.1, 0.15) is 5.75 Å². The first-order chi connectivity index (χ1) is 8.04. The molecular weight excluding hydrogens is 290 g/mol. The number of hydrogen-bond donors (Lipinski definition) is 0. The highest BCUT2D eigenvalue weighted by molar-refractivity contribution is 9.09. The lowest BCUT2D eigenvalue weighted by atomic mass is 10.0. The maximum absolute atomic E-state index is 12.2. The summed E-state index contributed by atoms with van der Waals surface area (Å²) in [4.78, 5) is 0. The second kappa shape index (κ2) is 6.74. The SMILES string of the molecule is CC(C)C(=Cc1ccccc1OC(F)F)CBr. The molecule has 0 radical (unpaired) electrons. The molecule has 0 aromatic heterocycles. The van der Waals surface area contributed by atoms with E-state index in [4.69, 9.17) is 0 Å². The van der Waals surface area contributed by atoms with E-state index in [-0.39, 0.29) is 5.75 Å². The Morgan fingerprint density at radius 2 is 2.00 bits per heavy atom. The van der Waals surface area contributed by atoms with Gasteiger partial charge >= 0.3 is 6.61 Å². The highest BCUT2D eigenvalue weighted by Gasteiger charge is 2.09. The first-order valence-electron chi connectivity index (χ1n) is 5.35. The van der Waals surface area contributed by atoms with Crippen molar-refractivity contribution in [3.8, 4) is 5.75 Å². The van der Waals surface area contributed by atoms with Crippen molar-refractivity contribution < 1.29 is 13.5 Å². The third kappa shape index (κ3) is 4.46. The van der Waals surface area contributed by atoms with Gasteiger partial charge in [0.2, 0.25) is 0 Å². The lowest BCUT2D eigenvalue weighted by Crippen LogP contribution is -2.03. The average Bonchev–Trinajstić information content (AvgIpc) is 2.26. The smallest absolute Gasteiger partial charge is 0.387 e. The predicted molar refractivity (Wildman–Crippen MR) is 69.7 cm³/mol. The first-order valence-corrected chi connectivity index (χ1v) is 6.47. The molecule has 1 nitrogen and oxygen atoms in total. The predicted octanol–water partition coefficient (Wildman–Crippen LogP) is 4.72. The number of ether oxygens (including phenoxy) is 1. The summed E-state index contributed by atoms with van der Waals surface area (Å²) < 4.78 is 28.9. The van der Waals surface area contributed by atoms with Crippen molar-refractivity contribution in [2.45, 2.75) is 20.5 Å². The van der Waals surface area contributed by atoms with Crippen molar-refractivity contribution in [2.24, 2.45) is 5.92 Å². The van der Waals surface area contributed by atoms with Gasteiger partial charge in [-0.2, -0.15) is 8.78 Å². The van der Waals surface area contributed by atoms with Crippen molar-refractivity contribution in [3.63, 3.8) is 0 Å². The molecule has 4 heteroatoms. The summed E-state index contributed by atoms with van der Waals surface area (Å²) in [6.07, 6.45) is 1.89. The van der Waals surface area contributed by atoms with Crippen LogP contribution in [0.5, 0.6) is 5.75 Å². The van der Waals surface area contributed by atoms with Crippen molar-refractivity contribution in [1.82, 2.24) is 0 Å².